The molecule has 0 bridgehead atoms. The van der Waals surface area contributed by atoms with Gasteiger partial charge in [-0.2, -0.15) is 0 Å². The normalized spacial score (nSPS) is 39.4. The molecule has 0 aromatic rings. The van der Waals surface area contributed by atoms with Crippen molar-refractivity contribution in [3.8, 4) is 0 Å². The molecule has 2 heteroatoms. The van der Waals surface area contributed by atoms with Crippen LogP contribution in [0.3, 0.4) is 0 Å². The van der Waals surface area contributed by atoms with E-state index >= 15 is 0 Å². The number of hydrogen-bond acceptors (Lipinski definition) is 2. The van der Waals surface area contributed by atoms with Crippen molar-refractivity contribution in [1.29, 1.82) is 0 Å². The van der Waals surface area contributed by atoms with E-state index in [1.165, 1.54) is 45.1 Å². The molecule has 0 amide bonds. The summed E-state index contributed by atoms with van der Waals surface area (Å²) in [6.07, 6.45) is 8.23. The number of rotatable bonds is 4. The van der Waals surface area contributed by atoms with E-state index in [1.807, 2.05) is 0 Å². The Balaban J connectivity index is 2.10. The summed E-state index contributed by atoms with van der Waals surface area (Å²) in [7, 11) is 2.17. The van der Waals surface area contributed by atoms with Gasteiger partial charge in [0.2, 0.25) is 0 Å². The summed E-state index contributed by atoms with van der Waals surface area (Å²) in [5, 5.41) is 3.63. The summed E-state index contributed by atoms with van der Waals surface area (Å²) in [5.74, 6) is 1.81. The van der Waals surface area contributed by atoms with Crippen LogP contribution in [0.5, 0.6) is 0 Å². The summed E-state index contributed by atoms with van der Waals surface area (Å²) in [6, 6.07) is 2.21. The Labute approximate surface area is 133 Å². The van der Waals surface area contributed by atoms with Gasteiger partial charge in [-0.15, -0.1) is 0 Å². The highest BCUT2D eigenvalue weighted by Crippen LogP contribution is 2.42. The van der Waals surface area contributed by atoms with E-state index in [1.54, 1.807) is 0 Å². The largest absolute Gasteiger partial charge is 0.315 e. The first-order valence-electron chi connectivity index (χ1n) is 9.32. The SMILES string of the molecule is CCC(C)(C)C1CCC(NC)C(N2CCC(C)CC2C)C1. The van der Waals surface area contributed by atoms with Crippen LogP contribution in [0.2, 0.25) is 0 Å². The standard InChI is InChI=1S/C19H38N2/c1-7-19(4,5)16-8-9-17(20-6)18(13-16)21-11-10-14(2)12-15(21)3/h14-18,20H,7-13H2,1-6H3. The third kappa shape index (κ3) is 3.82. The Morgan fingerprint density at radius 2 is 1.81 bits per heavy atom. The first kappa shape index (κ1) is 17.3. The fraction of sp³-hybridized carbons (Fsp3) is 1.00. The molecule has 21 heavy (non-hydrogen) atoms. The van der Waals surface area contributed by atoms with Gasteiger partial charge in [-0.1, -0.05) is 34.1 Å². The van der Waals surface area contributed by atoms with Crippen LogP contribution in [0.15, 0.2) is 0 Å². The Hall–Kier alpha value is -0.0800. The molecule has 0 radical (unpaired) electrons. The highest BCUT2D eigenvalue weighted by atomic mass is 15.2. The minimum Gasteiger partial charge on any atom is -0.315 e. The first-order chi connectivity index (χ1) is 9.89. The van der Waals surface area contributed by atoms with E-state index in [0.717, 1.165) is 23.9 Å². The van der Waals surface area contributed by atoms with Gasteiger partial charge in [0.05, 0.1) is 0 Å². The zero-order valence-corrected chi connectivity index (χ0v) is 15.3. The maximum absolute atomic E-state index is 3.63. The van der Waals surface area contributed by atoms with Crippen molar-refractivity contribution in [2.45, 2.75) is 91.3 Å². The average Bonchev–Trinajstić information content (AvgIpc) is 2.46. The van der Waals surface area contributed by atoms with Crippen LogP contribution < -0.4 is 5.32 Å². The van der Waals surface area contributed by atoms with Gasteiger partial charge in [-0.25, -0.2) is 0 Å². The number of piperidine rings is 1. The molecule has 1 saturated carbocycles. The zero-order valence-electron chi connectivity index (χ0n) is 15.3. The van der Waals surface area contributed by atoms with Crippen molar-refractivity contribution in [3.05, 3.63) is 0 Å². The van der Waals surface area contributed by atoms with Crippen molar-refractivity contribution in [1.82, 2.24) is 10.2 Å². The van der Waals surface area contributed by atoms with Gasteiger partial charge in [0.25, 0.3) is 0 Å². The molecule has 5 atom stereocenters. The van der Waals surface area contributed by atoms with Gasteiger partial charge < -0.3 is 5.32 Å². The minimum atomic E-state index is 0.503. The molecule has 2 fully saturated rings. The van der Waals surface area contributed by atoms with Crippen molar-refractivity contribution in [3.63, 3.8) is 0 Å². The highest BCUT2D eigenvalue weighted by Gasteiger charge is 2.41. The fourth-order valence-corrected chi connectivity index (χ4v) is 4.77. The first-order valence-corrected chi connectivity index (χ1v) is 9.32. The summed E-state index contributed by atoms with van der Waals surface area (Å²) < 4.78 is 0. The third-order valence-electron chi connectivity index (χ3n) is 6.82. The summed E-state index contributed by atoms with van der Waals surface area (Å²) in [6.45, 7) is 13.5. The molecule has 1 saturated heterocycles. The second-order valence-corrected chi connectivity index (χ2v) is 8.53. The topological polar surface area (TPSA) is 15.3 Å². The highest BCUT2D eigenvalue weighted by molar-refractivity contribution is 4.96. The Kier molecular flexibility index (Phi) is 5.76. The van der Waals surface area contributed by atoms with Crippen LogP contribution in [0, 0.1) is 17.3 Å². The predicted octanol–water partition coefficient (Wildman–Crippen LogP) is 4.30. The van der Waals surface area contributed by atoms with Crippen LogP contribution in [-0.2, 0) is 0 Å². The molecule has 2 aliphatic rings. The maximum Gasteiger partial charge on any atom is 0.0254 e. The van der Waals surface area contributed by atoms with Crippen molar-refractivity contribution in [2.24, 2.45) is 17.3 Å². The second-order valence-electron chi connectivity index (χ2n) is 8.53. The van der Waals surface area contributed by atoms with E-state index in [2.05, 4.69) is 51.9 Å². The molecule has 1 heterocycles. The van der Waals surface area contributed by atoms with Crippen LogP contribution >= 0.6 is 0 Å². The second kappa shape index (κ2) is 7.00. The number of likely N-dealkylation sites (tertiary alicyclic amines) is 1. The lowest BCUT2D eigenvalue weighted by Crippen LogP contribution is -2.58. The molecule has 1 aliphatic carbocycles. The summed E-state index contributed by atoms with van der Waals surface area (Å²) >= 11 is 0. The summed E-state index contributed by atoms with van der Waals surface area (Å²) in [5.41, 5.74) is 0.503. The fourth-order valence-electron chi connectivity index (χ4n) is 4.77. The molecular weight excluding hydrogens is 256 g/mol. The van der Waals surface area contributed by atoms with E-state index in [9.17, 15) is 0 Å². The van der Waals surface area contributed by atoms with Crippen molar-refractivity contribution >= 4 is 0 Å². The molecule has 5 unspecified atom stereocenters. The molecule has 2 rings (SSSR count). The lowest BCUT2D eigenvalue weighted by atomic mass is 9.66. The predicted molar refractivity (Wildman–Crippen MR) is 92.6 cm³/mol. The molecule has 124 valence electrons. The maximum atomic E-state index is 3.63. The third-order valence-corrected chi connectivity index (χ3v) is 6.82. The molecule has 1 aliphatic heterocycles. The molecule has 1 N–H and O–H groups in total. The molecule has 2 nitrogen and oxygen atoms in total. The van der Waals surface area contributed by atoms with Crippen LogP contribution in [0.25, 0.3) is 0 Å². The van der Waals surface area contributed by atoms with E-state index in [4.69, 9.17) is 0 Å². The Morgan fingerprint density at radius 3 is 2.38 bits per heavy atom. The van der Waals surface area contributed by atoms with Gasteiger partial charge in [-0.3, -0.25) is 4.90 Å². The smallest absolute Gasteiger partial charge is 0.0254 e. The average molecular weight is 295 g/mol. The van der Waals surface area contributed by atoms with Crippen LogP contribution in [-0.4, -0.2) is 36.6 Å². The summed E-state index contributed by atoms with van der Waals surface area (Å²) in [4.78, 5) is 2.85. The number of likely N-dealkylation sites (N-methyl/N-ethyl adjacent to an activating group) is 1. The van der Waals surface area contributed by atoms with E-state index in [-0.39, 0.29) is 0 Å². The van der Waals surface area contributed by atoms with E-state index < -0.39 is 0 Å². The van der Waals surface area contributed by atoms with Gasteiger partial charge in [0, 0.05) is 18.1 Å². The number of nitrogens with zero attached hydrogens (tertiary/aromatic N) is 1. The van der Waals surface area contributed by atoms with Crippen molar-refractivity contribution < 1.29 is 0 Å². The molecule has 0 aromatic heterocycles. The monoisotopic (exact) mass is 294 g/mol. The van der Waals surface area contributed by atoms with Gasteiger partial charge >= 0.3 is 0 Å². The van der Waals surface area contributed by atoms with Gasteiger partial charge in [-0.05, 0) is 69.9 Å². The quantitative estimate of drug-likeness (QED) is 0.831. The van der Waals surface area contributed by atoms with Crippen LogP contribution in [0.4, 0.5) is 0 Å². The number of nitrogens with one attached hydrogen (secondary N) is 1. The Bertz CT molecular complexity index is 326. The van der Waals surface area contributed by atoms with Gasteiger partial charge in [0.1, 0.15) is 0 Å². The van der Waals surface area contributed by atoms with Gasteiger partial charge in [0.15, 0.2) is 0 Å². The number of hydrogen-bond donors (Lipinski definition) is 1. The van der Waals surface area contributed by atoms with E-state index in [0.29, 0.717) is 11.5 Å². The zero-order chi connectivity index (χ0) is 15.6. The molecule has 0 spiro atoms. The van der Waals surface area contributed by atoms with Crippen LogP contribution in [0.1, 0.15) is 73.1 Å². The molecular formula is C19H38N2. The van der Waals surface area contributed by atoms with Crippen molar-refractivity contribution in [2.75, 3.05) is 13.6 Å². The Morgan fingerprint density at radius 1 is 1.10 bits per heavy atom. The minimum absolute atomic E-state index is 0.503. The lowest BCUT2D eigenvalue weighted by Gasteiger charge is -2.50. The molecule has 0 aromatic carbocycles. The lowest BCUT2D eigenvalue weighted by molar-refractivity contribution is 0.00823.